The molecule has 2 N–H and O–H groups in total. The van der Waals surface area contributed by atoms with Gasteiger partial charge in [-0.25, -0.2) is 9.37 Å². The topological polar surface area (TPSA) is 40.7 Å². The standard InChI is InChI=1S/C13H16FN3S/c1-9(2)17-8-10-4-3-5-11(14)12(10)18-13-15-6-7-16-13/h3-7,9,17H,8H2,1-2H3,(H,15,16). The zero-order chi connectivity index (χ0) is 13.0. The van der Waals surface area contributed by atoms with Gasteiger partial charge in [-0.05, 0) is 23.4 Å². The van der Waals surface area contributed by atoms with Crippen LogP contribution in [0.25, 0.3) is 0 Å². The van der Waals surface area contributed by atoms with E-state index in [9.17, 15) is 4.39 Å². The second-order valence-electron chi connectivity index (χ2n) is 4.26. The lowest BCUT2D eigenvalue weighted by atomic mass is 10.2. The highest BCUT2D eigenvalue weighted by Gasteiger charge is 2.11. The summed E-state index contributed by atoms with van der Waals surface area (Å²) in [4.78, 5) is 7.70. The molecule has 0 radical (unpaired) electrons. The molecule has 2 aromatic rings. The summed E-state index contributed by atoms with van der Waals surface area (Å²) >= 11 is 1.32. The molecule has 0 spiro atoms. The Bertz CT molecular complexity index is 497. The molecule has 5 heteroatoms. The maximum atomic E-state index is 13.9. The number of nitrogens with one attached hydrogen (secondary N) is 2. The summed E-state index contributed by atoms with van der Waals surface area (Å²) in [5.41, 5.74) is 0.949. The molecule has 0 aliphatic rings. The molecule has 3 nitrogen and oxygen atoms in total. The molecule has 0 saturated heterocycles. The van der Waals surface area contributed by atoms with E-state index in [1.54, 1.807) is 18.5 Å². The largest absolute Gasteiger partial charge is 0.339 e. The molecular weight excluding hydrogens is 249 g/mol. The minimum atomic E-state index is -0.209. The number of hydrogen-bond acceptors (Lipinski definition) is 3. The van der Waals surface area contributed by atoms with Crippen molar-refractivity contribution in [3.05, 3.63) is 42.0 Å². The van der Waals surface area contributed by atoms with Gasteiger partial charge < -0.3 is 10.3 Å². The molecule has 96 valence electrons. The summed E-state index contributed by atoms with van der Waals surface area (Å²) < 4.78 is 13.9. The molecular formula is C13H16FN3S. The van der Waals surface area contributed by atoms with Crippen LogP contribution in [0.3, 0.4) is 0 Å². The van der Waals surface area contributed by atoms with Gasteiger partial charge in [-0.3, -0.25) is 0 Å². The number of halogens is 1. The molecule has 0 atom stereocenters. The fraction of sp³-hybridized carbons (Fsp3) is 0.308. The molecule has 0 aliphatic carbocycles. The lowest BCUT2D eigenvalue weighted by molar-refractivity contribution is 0.564. The van der Waals surface area contributed by atoms with E-state index in [0.29, 0.717) is 22.6 Å². The first-order valence-corrected chi connectivity index (χ1v) is 6.66. The Morgan fingerprint density at radius 1 is 1.44 bits per heavy atom. The maximum Gasteiger partial charge on any atom is 0.170 e. The molecule has 1 heterocycles. The Morgan fingerprint density at radius 2 is 2.28 bits per heavy atom. The zero-order valence-electron chi connectivity index (χ0n) is 10.4. The third-order valence-corrected chi connectivity index (χ3v) is 3.50. The van der Waals surface area contributed by atoms with Gasteiger partial charge in [0.1, 0.15) is 5.82 Å². The van der Waals surface area contributed by atoms with Crippen LogP contribution in [-0.2, 0) is 6.54 Å². The minimum Gasteiger partial charge on any atom is -0.339 e. The van der Waals surface area contributed by atoms with Crippen LogP contribution in [0.15, 0.2) is 40.6 Å². The SMILES string of the molecule is CC(C)NCc1cccc(F)c1Sc1ncc[nH]1. The van der Waals surface area contributed by atoms with Crippen LogP contribution in [-0.4, -0.2) is 16.0 Å². The van der Waals surface area contributed by atoms with Crippen LogP contribution in [0.4, 0.5) is 4.39 Å². The number of aromatic amines is 1. The molecule has 0 bridgehead atoms. The lowest BCUT2D eigenvalue weighted by Gasteiger charge is -2.12. The van der Waals surface area contributed by atoms with Gasteiger partial charge in [-0.15, -0.1) is 0 Å². The second-order valence-corrected chi connectivity index (χ2v) is 5.26. The van der Waals surface area contributed by atoms with E-state index in [0.717, 1.165) is 5.56 Å². The van der Waals surface area contributed by atoms with E-state index in [2.05, 4.69) is 29.1 Å². The van der Waals surface area contributed by atoms with Gasteiger partial charge in [0, 0.05) is 25.0 Å². The van der Waals surface area contributed by atoms with Gasteiger partial charge in [-0.2, -0.15) is 0 Å². The predicted octanol–water partition coefficient (Wildman–Crippen LogP) is 3.20. The van der Waals surface area contributed by atoms with Crippen molar-refractivity contribution in [2.45, 2.75) is 36.5 Å². The normalized spacial score (nSPS) is 11.1. The highest BCUT2D eigenvalue weighted by atomic mass is 32.2. The fourth-order valence-electron chi connectivity index (χ4n) is 1.52. The lowest BCUT2D eigenvalue weighted by Crippen LogP contribution is -2.22. The van der Waals surface area contributed by atoms with Crippen molar-refractivity contribution in [1.82, 2.24) is 15.3 Å². The number of nitrogens with zero attached hydrogens (tertiary/aromatic N) is 1. The summed E-state index contributed by atoms with van der Waals surface area (Å²) in [5, 5.41) is 4.00. The quantitative estimate of drug-likeness (QED) is 0.872. The Balaban J connectivity index is 2.21. The average molecular weight is 265 g/mol. The molecule has 1 aromatic carbocycles. The number of benzene rings is 1. The first kappa shape index (κ1) is 13.1. The average Bonchev–Trinajstić information content (AvgIpc) is 2.82. The van der Waals surface area contributed by atoms with E-state index < -0.39 is 0 Å². The summed E-state index contributed by atoms with van der Waals surface area (Å²) in [5.74, 6) is -0.209. The van der Waals surface area contributed by atoms with Gasteiger partial charge in [0.2, 0.25) is 0 Å². The zero-order valence-corrected chi connectivity index (χ0v) is 11.2. The van der Waals surface area contributed by atoms with E-state index in [1.165, 1.54) is 17.8 Å². The summed E-state index contributed by atoms with van der Waals surface area (Å²) in [6.45, 7) is 4.79. The monoisotopic (exact) mass is 265 g/mol. The van der Waals surface area contributed by atoms with Gasteiger partial charge in [0.25, 0.3) is 0 Å². The van der Waals surface area contributed by atoms with Crippen LogP contribution in [0.1, 0.15) is 19.4 Å². The number of imidazole rings is 1. The van der Waals surface area contributed by atoms with Crippen molar-refractivity contribution >= 4 is 11.8 Å². The van der Waals surface area contributed by atoms with E-state index in [-0.39, 0.29) is 5.82 Å². The summed E-state index contributed by atoms with van der Waals surface area (Å²) in [6.07, 6.45) is 3.39. The molecule has 0 amide bonds. The minimum absolute atomic E-state index is 0.209. The Kier molecular flexibility index (Phi) is 4.38. The molecule has 0 saturated carbocycles. The Labute approximate surface area is 110 Å². The third kappa shape index (κ3) is 3.34. The number of aromatic nitrogens is 2. The highest BCUT2D eigenvalue weighted by molar-refractivity contribution is 7.99. The first-order valence-electron chi connectivity index (χ1n) is 5.85. The smallest absolute Gasteiger partial charge is 0.170 e. The number of hydrogen-bond donors (Lipinski definition) is 2. The molecule has 2 rings (SSSR count). The van der Waals surface area contributed by atoms with Gasteiger partial charge in [0.05, 0.1) is 4.90 Å². The van der Waals surface area contributed by atoms with Gasteiger partial charge in [0.15, 0.2) is 5.16 Å². The Hall–Kier alpha value is -1.33. The van der Waals surface area contributed by atoms with E-state index in [4.69, 9.17) is 0 Å². The van der Waals surface area contributed by atoms with Gasteiger partial charge in [-0.1, -0.05) is 26.0 Å². The van der Waals surface area contributed by atoms with Crippen LogP contribution >= 0.6 is 11.8 Å². The molecule has 18 heavy (non-hydrogen) atoms. The highest BCUT2D eigenvalue weighted by Crippen LogP contribution is 2.30. The maximum absolute atomic E-state index is 13.9. The fourth-order valence-corrected chi connectivity index (χ4v) is 2.40. The molecule has 0 fully saturated rings. The van der Waals surface area contributed by atoms with Crippen LogP contribution < -0.4 is 5.32 Å². The third-order valence-electron chi connectivity index (χ3n) is 2.42. The van der Waals surface area contributed by atoms with Crippen molar-refractivity contribution in [3.8, 4) is 0 Å². The van der Waals surface area contributed by atoms with E-state index >= 15 is 0 Å². The van der Waals surface area contributed by atoms with Crippen LogP contribution in [0.5, 0.6) is 0 Å². The molecule has 0 aliphatic heterocycles. The van der Waals surface area contributed by atoms with E-state index in [1.807, 2.05) is 6.07 Å². The number of H-pyrrole nitrogens is 1. The van der Waals surface area contributed by atoms with Crippen molar-refractivity contribution in [1.29, 1.82) is 0 Å². The molecule has 1 aromatic heterocycles. The second kappa shape index (κ2) is 6.02. The summed E-state index contributed by atoms with van der Waals surface area (Å²) in [6, 6.07) is 5.52. The van der Waals surface area contributed by atoms with Crippen molar-refractivity contribution in [3.63, 3.8) is 0 Å². The van der Waals surface area contributed by atoms with Gasteiger partial charge >= 0.3 is 0 Å². The first-order chi connectivity index (χ1) is 8.66. The van der Waals surface area contributed by atoms with Crippen molar-refractivity contribution in [2.24, 2.45) is 0 Å². The molecule has 0 unspecified atom stereocenters. The van der Waals surface area contributed by atoms with Crippen molar-refractivity contribution in [2.75, 3.05) is 0 Å². The van der Waals surface area contributed by atoms with Crippen LogP contribution in [0, 0.1) is 5.82 Å². The van der Waals surface area contributed by atoms with Crippen molar-refractivity contribution < 1.29 is 4.39 Å². The van der Waals surface area contributed by atoms with Crippen LogP contribution in [0.2, 0.25) is 0 Å². The number of rotatable bonds is 5. The Morgan fingerprint density at radius 3 is 2.94 bits per heavy atom. The predicted molar refractivity (Wildman–Crippen MR) is 71.1 cm³/mol. The summed E-state index contributed by atoms with van der Waals surface area (Å²) in [7, 11) is 0.